The van der Waals surface area contributed by atoms with Crippen LogP contribution in [-0.2, 0) is 0 Å². The van der Waals surface area contributed by atoms with Crippen LogP contribution in [0.4, 0.5) is 0 Å². The van der Waals surface area contributed by atoms with Crippen molar-refractivity contribution in [3.63, 3.8) is 0 Å². The van der Waals surface area contributed by atoms with Crippen LogP contribution in [0.2, 0.25) is 0 Å². The molecular weight excluding hydrogens is 1020 g/mol. The summed E-state index contributed by atoms with van der Waals surface area (Å²) in [5, 5.41) is 21.0. The monoisotopic (exact) mass is 1060 g/mol. The van der Waals surface area contributed by atoms with Crippen molar-refractivity contribution in [1.29, 1.82) is 0 Å². The van der Waals surface area contributed by atoms with Gasteiger partial charge in [0.2, 0.25) is 0 Å². The van der Waals surface area contributed by atoms with Gasteiger partial charge in [0.05, 0.1) is 0 Å². The molecule has 16 aromatic carbocycles. The molecule has 2 heterocycles. The van der Waals surface area contributed by atoms with Gasteiger partial charge in [-0.05, 0) is 168 Å². The van der Waals surface area contributed by atoms with Gasteiger partial charge in [-0.25, -0.2) is 0 Å². The number of fused-ring (bicyclic) bond motifs is 15. The maximum atomic E-state index is 6.94. The van der Waals surface area contributed by atoms with E-state index < -0.39 is 0 Å². The second kappa shape index (κ2) is 18.2. The lowest BCUT2D eigenvalue weighted by atomic mass is 9.81. The molecule has 388 valence electrons. The Balaban J connectivity index is 0.960. The predicted octanol–water partition coefficient (Wildman–Crippen LogP) is 23.6. The molecule has 0 aliphatic rings. The summed E-state index contributed by atoms with van der Waals surface area (Å²) in [5.41, 5.74) is 17.7. The van der Waals surface area contributed by atoms with Crippen LogP contribution in [0.15, 0.2) is 300 Å². The zero-order chi connectivity index (χ0) is 55.0. The van der Waals surface area contributed by atoms with Crippen molar-refractivity contribution in [2.24, 2.45) is 0 Å². The second-order valence-corrected chi connectivity index (χ2v) is 22.4. The van der Waals surface area contributed by atoms with E-state index in [1.165, 1.54) is 98.4 Å². The van der Waals surface area contributed by atoms with Crippen molar-refractivity contribution in [3.05, 3.63) is 291 Å². The van der Waals surface area contributed by atoms with E-state index >= 15 is 0 Å². The van der Waals surface area contributed by atoms with Gasteiger partial charge in [0.15, 0.2) is 0 Å². The maximum Gasteiger partial charge on any atom is 0.143 e. The largest absolute Gasteiger partial charge is 0.455 e. The molecule has 0 unspecified atom stereocenters. The molecule has 2 heteroatoms. The van der Waals surface area contributed by atoms with Gasteiger partial charge in [-0.1, -0.05) is 255 Å². The first-order valence-corrected chi connectivity index (χ1v) is 29.0. The smallest absolute Gasteiger partial charge is 0.143 e. The first-order chi connectivity index (χ1) is 41.7. The highest BCUT2D eigenvalue weighted by atomic mass is 16.3. The Labute approximate surface area is 483 Å². The van der Waals surface area contributed by atoms with E-state index in [1.807, 2.05) is 0 Å². The van der Waals surface area contributed by atoms with E-state index in [9.17, 15) is 0 Å². The molecular formula is C82H48O2. The van der Waals surface area contributed by atoms with Crippen LogP contribution in [0.1, 0.15) is 0 Å². The number of rotatable bonds is 6. The summed E-state index contributed by atoms with van der Waals surface area (Å²) in [6.07, 6.45) is 0. The number of hydrogen-bond donors (Lipinski definition) is 0. The Morgan fingerprint density at radius 3 is 1.06 bits per heavy atom. The van der Waals surface area contributed by atoms with Crippen LogP contribution >= 0.6 is 0 Å². The summed E-state index contributed by atoms with van der Waals surface area (Å²) in [5.74, 6) is 0. The summed E-state index contributed by atoms with van der Waals surface area (Å²) in [6.45, 7) is 0. The molecule has 0 bridgehead atoms. The highest BCUT2D eigenvalue weighted by Gasteiger charge is 2.26. The SMILES string of the molecule is c1ccc(-c2ccccc2-c2c3ccccc3c(-c3cccc4oc5c6ccccc6ccc5c34)c3ccc(-c4ccc5c(-c6cccc7ccccc67)c6ccccc6c(-c6cccc7oc8c9ccccc9ccc8c67)c5c4)cc23)cc1. The van der Waals surface area contributed by atoms with Gasteiger partial charge in [0, 0.05) is 32.3 Å². The lowest BCUT2D eigenvalue weighted by Crippen LogP contribution is -1.94. The molecule has 0 radical (unpaired) electrons. The van der Waals surface area contributed by atoms with Crippen molar-refractivity contribution in [2.75, 3.05) is 0 Å². The average Bonchev–Trinajstić information content (AvgIpc) is 1.62. The van der Waals surface area contributed by atoms with Crippen molar-refractivity contribution >= 4 is 119 Å². The summed E-state index contributed by atoms with van der Waals surface area (Å²) < 4.78 is 13.8. The predicted molar refractivity (Wildman–Crippen MR) is 356 cm³/mol. The first-order valence-electron chi connectivity index (χ1n) is 29.0. The van der Waals surface area contributed by atoms with Gasteiger partial charge in [-0.3, -0.25) is 0 Å². The van der Waals surface area contributed by atoms with Gasteiger partial charge >= 0.3 is 0 Å². The Morgan fingerprint density at radius 1 is 0.179 bits per heavy atom. The van der Waals surface area contributed by atoms with Crippen molar-refractivity contribution in [3.8, 4) is 66.8 Å². The van der Waals surface area contributed by atoms with Crippen LogP contribution in [0.5, 0.6) is 0 Å². The summed E-state index contributed by atoms with van der Waals surface area (Å²) in [4.78, 5) is 0. The third-order valence-corrected chi connectivity index (χ3v) is 18.0. The quantitative estimate of drug-likeness (QED) is 0.155. The summed E-state index contributed by atoms with van der Waals surface area (Å²) >= 11 is 0. The fourth-order valence-electron chi connectivity index (χ4n) is 14.4. The first kappa shape index (κ1) is 46.7. The molecule has 0 amide bonds. The minimum atomic E-state index is 0.874. The molecule has 0 saturated heterocycles. The van der Waals surface area contributed by atoms with E-state index in [0.717, 1.165) is 87.7 Å². The summed E-state index contributed by atoms with van der Waals surface area (Å²) in [6, 6.07) is 107. The maximum absolute atomic E-state index is 6.94. The van der Waals surface area contributed by atoms with Crippen LogP contribution in [0.25, 0.3) is 186 Å². The van der Waals surface area contributed by atoms with Crippen molar-refractivity contribution in [1.82, 2.24) is 0 Å². The van der Waals surface area contributed by atoms with E-state index in [4.69, 9.17) is 8.83 Å². The molecule has 84 heavy (non-hydrogen) atoms. The van der Waals surface area contributed by atoms with Gasteiger partial charge in [-0.2, -0.15) is 0 Å². The zero-order valence-corrected chi connectivity index (χ0v) is 45.5. The number of furan rings is 2. The van der Waals surface area contributed by atoms with Crippen molar-refractivity contribution in [2.45, 2.75) is 0 Å². The molecule has 0 fully saturated rings. The lowest BCUT2D eigenvalue weighted by Gasteiger charge is -2.21. The highest BCUT2D eigenvalue weighted by molar-refractivity contribution is 6.30. The van der Waals surface area contributed by atoms with Crippen LogP contribution in [0, 0.1) is 0 Å². The van der Waals surface area contributed by atoms with Crippen LogP contribution in [-0.4, -0.2) is 0 Å². The summed E-state index contributed by atoms with van der Waals surface area (Å²) in [7, 11) is 0. The molecule has 2 aromatic heterocycles. The normalized spacial score (nSPS) is 12.0. The molecule has 0 aliphatic carbocycles. The number of hydrogen-bond acceptors (Lipinski definition) is 2. The van der Waals surface area contributed by atoms with E-state index in [2.05, 4.69) is 291 Å². The Bertz CT molecular complexity index is 5790. The average molecular weight is 1070 g/mol. The molecule has 0 saturated carbocycles. The van der Waals surface area contributed by atoms with Gasteiger partial charge in [-0.15, -0.1) is 0 Å². The van der Waals surface area contributed by atoms with Gasteiger partial charge < -0.3 is 8.83 Å². The Hall–Kier alpha value is -11.1. The molecule has 0 N–H and O–H groups in total. The standard InChI is InChI=1S/C82H48O2/c1-2-19-49(20-3-1)55-26-10-11-29-59(55)77-63-32-14-13-31-62(63)76(67-35-17-37-73-79(67)69-45-39-51-22-5-8-27-57(51)81(69)83-73)66-44-42-53(47-71(66)77)54-41-43-65-72(48-54)78(64-33-15-12-30-61(64)75(65)60-34-16-24-50-21-4-7-25-56(50)60)68-36-18-38-74-80(68)70-46-40-52-23-6-9-28-58(52)82(70)84-74/h1-48H. The van der Waals surface area contributed by atoms with Crippen molar-refractivity contribution < 1.29 is 8.83 Å². The molecule has 18 aromatic rings. The Kier molecular flexibility index (Phi) is 10.1. The molecule has 18 rings (SSSR count). The van der Waals surface area contributed by atoms with E-state index in [0.29, 0.717) is 0 Å². The second-order valence-electron chi connectivity index (χ2n) is 22.4. The lowest BCUT2D eigenvalue weighted by molar-refractivity contribution is 0.672. The fraction of sp³-hybridized carbons (Fsp3) is 0. The Morgan fingerprint density at radius 2 is 0.524 bits per heavy atom. The van der Waals surface area contributed by atoms with E-state index in [-0.39, 0.29) is 0 Å². The zero-order valence-electron chi connectivity index (χ0n) is 45.5. The minimum Gasteiger partial charge on any atom is -0.455 e. The topological polar surface area (TPSA) is 26.3 Å². The highest BCUT2D eigenvalue weighted by Crippen LogP contribution is 2.53. The molecule has 2 nitrogen and oxygen atoms in total. The molecule has 0 atom stereocenters. The number of benzene rings is 16. The molecule has 0 aliphatic heterocycles. The minimum absolute atomic E-state index is 0.874. The van der Waals surface area contributed by atoms with Crippen LogP contribution < -0.4 is 0 Å². The van der Waals surface area contributed by atoms with Gasteiger partial charge in [0.25, 0.3) is 0 Å². The third kappa shape index (κ3) is 6.86. The third-order valence-electron chi connectivity index (χ3n) is 18.0. The van der Waals surface area contributed by atoms with Gasteiger partial charge in [0.1, 0.15) is 22.3 Å². The van der Waals surface area contributed by atoms with Crippen LogP contribution in [0.3, 0.4) is 0 Å². The van der Waals surface area contributed by atoms with E-state index in [1.54, 1.807) is 0 Å². The molecule has 0 spiro atoms. The fourth-order valence-corrected chi connectivity index (χ4v) is 14.4.